The van der Waals surface area contributed by atoms with Gasteiger partial charge in [-0.15, -0.1) is 0 Å². The van der Waals surface area contributed by atoms with E-state index in [2.05, 4.69) is 31.3 Å². The average molecular weight is 887 g/mol. The molecule has 2 unspecified atom stereocenters. The van der Waals surface area contributed by atoms with Gasteiger partial charge in [-0.2, -0.15) is 0 Å². The van der Waals surface area contributed by atoms with Gasteiger partial charge < -0.3 is 15.5 Å². The fourth-order valence-corrected chi connectivity index (χ4v) is 9.24. The van der Waals surface area contributed by atoms with Crippen LogP contribution in [-0.4, -0.2) is 34.9 Å². The van der Waals surface area contributed by atoms with Crippen molar-refractivity contribution in [1.82, 2.24) is 5.32 Å². The molecule has 0 spiro atoms. The Morgan fingerprint density at radius 3 is 0.873 bits per heavy atom. The lowest BCUT2D eigenvalue weighted by molar-refractivity contribution is -0.123. The van der Waals surface area contributed by atoms with Crippen LogP contribution < -0.4 is 5.32 Å². The van der Waals surface area contributed by atoms with E-state index in [0.717, 1.165) is 25.7 Å². The minimum Gasteiger partial charge on any atom is -0.394 e. The Bertz CT molecular complexity index is 916. The van der Waals surface area contributed by atoms with Crippen molar-refractivity contribution in [3.63, 3.8) is 0 Å². The van der Waals surface area contributed by atoms with Crippen molar-refractivity contribution in [2.45, 2.75) is 341 Å². The molecule has 0 aliphatic carbocycles. The second kappa shape index (κ2) is 55.2. The number of allylic oxidation sites excluding steroid dienone is 3. The van der Waals surface area contributed by atoms with E-state index in [1.165, 1.54) is 283 Å². The maximum absolute atomic E-state index is 12.5. The van der Waals surface area contributed by atoms with E-state index in [-0.39, 0.29) is 12.5 Å². The monoisotopic (exact) mass is 886 g/mol. The molecule has 4 heteroatoms. The van der Waals surface area contributed by atoms with Crippen molar-refractivity contribution in [1.29, 1.82) is 0 Å². The number of hydrogen-bond donors (Lipinski definition) is 3. The molecular formula is C59H115NO3. The van der Waals surface area contributed by atoms with Crippen LogP contribution in [0, 0.1) is 0 Å². The molecule has 0 bridgehead atoms. The average Bonchev–Trinajstić information content (AvgIpc) is 3.29. The molecule has 374 valence electrons. The largest absolute Gasteiger partial charge is 0.394 e. The summed E-state index contributed by atoms with van der Waals surface area (Å²) in [6, 6.07) is -0.622. The second-order valence-electron chi connectivity index (χ2n) is 20.1. The summed E-state index contributed by atoms with van der Waals surface area (Å²) < 4.78 is 0. The third kappa shape index (κ3) is 51.7. The van der Waals surface area contributed by atoms with Crippen molar-refractivity contribution < 1.29 is 15.0 Å². The fourth-order valence-electron chi connectivity index (χ4n) is 9.24. The van der Waals surface area contributed by atoms with Crippen molar-refractivity contribution in [2.24, 2.45) is 0 Å². The molecule has 0 saturated heterocycles. The number of rotatable bonds is 54. The minimum atomic E-state index is -0.839. The molecule has 0 saturated carbocycles. The van der Waals surface area contributed by atoms with Crippen molar-refractivity contribution >= 4 is 5.91 Å². The van der Waals surface area contributed by atoms with Gasteiger partial charge in [0.15, 0.2) is 0 Å². The zero-order valence-corrected chi connectivity index (χ0v) is 43.1. The number of unbranched alkanes of at least 4 members (excludes halogenated alkanes) is 45. The van der Waals surface area contributed by atoms with Gasteiger partial charge in [0.25, 0.3) is 0 Å². The van der Waals surface area contributed by atoms with Crippen molar-refractivity contribution in [3.8, 4) is 0 Å². The number of hydrogen-bond acceptors (Lipinski definition) is 3. The first-order valence-electron chi connectivity index (χ1n) is 29.1. The standard InChI is InChI=1S/C59H115NO3/c1-3-5-7-9-11-13-15-17-19-21-23-24-25-26-27-28-29-30-31-32-33-34-35-37-38-40-42-44-46-48-50-52-54-58(62)57(56-61)60-59(63)55-53-51-49-47-45-43-41-39-36-22-20-18-16-14-12-10-8-6-4-2/h18,20,52,54,57-58,61-62H,3-17,19,21-51,53,55-56H2,1-2H3,(H,60,63)/b20-18-,54-52+. The summed E-state index contributed by atoms with van der Waals surface area (Å²) in [5.74, 6) is -0.0615. The van der Waals surface area contributed by atoms with Crippen LogP contribution in [0.5, 0.6) is 0 Å². The first-order chi connectivity index (χ1) is 31.2. The lowest BCUT2D eigenvalue weighted by Crippen LogP contribution is -2.45. The first kappa shape index (κ1) is 61.9. The van der Waals surface area contributed by atoms with Crippen LogP contribution in [0.15, 0.2) is 24.3 Å². The third-order valence-electron chi connectivity index (χ3n) is 13.7. The van der Waals surface area contributed by atoms with Crippen LogP contribution in [-0.2, 0) is 4.79 Å². The molecule has 0 aromatic carbocycles. The highest BCUT2D eigenvalue weighted by Gasteiger charge is 2.18. The van der Waals surface area contributed by atoms with Gasteiger partial charge in [-0.1, -0.05) is 301 Å². The molecule has 0 aromatic rings. The van der Waals surface area contributed by atoms with Crippen molar-refractivity contribution in [2.75, 3.05) is 6.61 Å². The van der Waals surface area contributed by atoms with Gasteiger partial charge in [0.2, 0.25) is 5.91 Å². The molecule has 0 aliphatic heterocycles. The van der Waals surface area contributed by atoms with Crippen LogP contribution in [0.25, 0.3) is 0 Å². The first-order valence-corrected chi connectivity index (χ1v) is 29.1. The van der Waals surface area contributed by atoms with E-state index in [9.17, 15) is 15.0 Å². The molecule has 4 nitrogen and oxygen atoms in total. The Labute approximate surface area is 396 Å². The van der Waals surface area contributed by atoms with Crippen LogP contribution in [0.3, 0.4) is 0 Å². The summed E-state index contributed by atoms with van der Waals surface area (Å²) in [7, 11) is 0. The third-order valence-corrected chi connectivity index (χ3v) is 13.7. The number of aliphatic hydroxyl groups excluding tert-OH is 2. The SMILES string of the molecule is CCCCCCCC/C=C\CCCCCCCCCCCC(=O)NC(CO)C(O)/C=C/CCCCCCCCCCCCCCCCCCCCCCCCCCCCCCCC. The Morgan fingerprint density at radius 1 is 0.365 bits per heavy atom. The predicted octanol–water partition coefficient (Wildman–Crippen LogP) is 19.1. The molecule has 3 N–H and O–H groups in total. The van der Waals surface area contributed by atoms with E-state index in [1.807, 2.05) is 6.08 Å². The van der Waals surface area contributed by atoms with Crippen LogP contribution in [0.1, 0.15) is 328 Å². The highest BCUT2D eigenvalue weighted by molar-refractivity contribution is 5.76. The highest BCUT2D eigenvalue weighted by atomic mass is 16.3. The molecule has 1 amide bonds. The second-order valence-corrected chi connectivity index (χ2v) is 20.1. The normalized spacial score (nSPS) is 12.9. The molecule has 0 fully saturated rings. The van der Waals surface area contributed by atoms with Gasteiger partial charge in [-0.25, -0.2) is 0 Å². The van der Waals surface area contributed by atoms with E-state index >= 15 is 0 Å². The van der Waals surface area contributed by atoms with Crippen LogP contribution >= 0.6 is 0 Å². The van der Waals surface area contributed by atoms with Crippen LogP contribution in [0.2, 0.25) is 0 Å². The number of nitrogens with one attached hydrogen (secondary N) is 1. The smallest absolute Gasteiger partial charge is 0.220 e. The number of amides is 1. The number of carbonyl (C=O) groups excluding carboxylic acids is 1. The summed E-state index contributed by atoms with van der Waals surface area (Å²) in [4.78, 5) is 12.5. The number of carbonyl (C=O) groups is 1. The van der Waals surface area contributed by atoms with E-state index < -0.39 is 12.1 Å². The quantitative estimate of drug-likeness (QED) is 0.0421. The van der Waals surface area contributed by atoms with Crippen molar-refractivity contribution in [3.05, 3.63) is 24.3 Å². The minimum absolute atomic E-state index is 0.0615. The highest BCUT2D eigenvalue weighted by Crippen LogP contribution is 2.18. The van der Waals surface area contributed by atoms with Gasteiger partial charge in [0, 0.05) is 6.42 Å². The topological polar surface area (TPSA) is 69.6 Å². The van der Waals surface area contributed by atoms with E-state index in [0.29, 0.717) is 6.42 Å². The summed E-state index contributed by atoms with van der Waals surface area (Å²) >= 11 is 0. The predicted molar refractivity (Wildman–Crippen MR) is 281 cm³/mol. The molecule has 2 atom stereocenters. The Morgan fingerprint density at radius 2 is 0.603 bits per heavy atom. The molecule has 0 aromatic heterocycles. The lowest BCUT2D eigenvalue weighted by atomic mass is 10.0. The number of aliphatic hydroxyl groups is 2. The summed E-state index contributed by atoms with van der Waals surface area (Å²) in [5, 5.41) is 23.2. The molecule has 0 radical (unpaired) electrons. The zero-order chi connectivity index (χ0) is 45.6. The van der Waals surface area contributed by atoms with Gasteiger partial charge in [-0.3, -0.25) is 4.79 Å². The van der Waals surface area contributed by atoms with Crippen LogP contribution in [0.4, 0.5) is 0 Å². The molecule has 63 heavy (non-hydrogen) atoms. The van der Waals surface area contributed by atoms with E-state index in [1.54, 1.807) is 6.08 Å². The van der Waals surface area contributed by atoms with Gasteiger partial charge in [-0.05, 0) is 44.9 Å². The summed E-state index contributed by atoms with van der Waals surface area (Å²) in [6.07, 6.45) is 73.5. The fraction of sp³-hybridized carbons (Fsp3) is 0.915. The Kier molecular flexibility index (Phi) is 54.2. The maximum atomic E-state index is 12.5. The maximum Gasteiger partial charge on any atom is 0.220 e. The van der Waals surface area contributed by atoms with Gasteiger partial charge in [0.05, 0.1) is 18.8 Å². The summed E-state index contributed by atoms with van der Waals surface area (Å²) in [6.45, 7) is 4.34. The van der Waals surface area contributed by atoms with Gasteiger partial charge >= 0.3 is 0 Å². The zero-order valence-electron chi connectivity index (χ0n) is 43.1. The Hall–Kier alpha value is -1.13. The molecular weight excluding hydrogens is 771 g/mol. The van der Waals surface area contributed by atoms with Gasteiger partial charge in [0.1, 0.15) is 0 Å². The summed E-state index contributed by atoms with van der Waals surface area (Å²) in [5.41, 5.74) is 0. The molecule has 0 aliphatic rings. The molecule has 0 heterocycles. The lowest BCUT2D eigenvalue weighted by Gasteiger charge is -2.20. The van der Waals surface area contributed by atoms with E-state index in [4.69, 9.17) is 0 Å². The molecule has 0 rings (SSSR count). The Balaban J connectivity index is 3.44.